The molecule has 0 spiro atoms. The number of rotatable bonds is 3. The summed E-state index contributed by atoms with van der Waals surface area (Å²) in [5.74, 6) is 0.884. The first-order chi connectivity index (χ1) is 6.13. The molecule has 1 rings (SSSR count). The lowest BCUT2D eigenvalue weighted by molar-refractivity contribution is 0.194. The van der Waals surface area contributed by atoms with E-state index < -0.39 is 6.10 Å². The van der Waals surface area contributed by atoms with Gasteiger partial charge in [-0.3, -0.25) is 0 Å². The molecule has 13 heavy (non-hydrogen) atoms. The predicted octanol–water partition coefficient (Wildman–Crippen LogP) is 1.32. The van der Waals surface area contributed by atoms with Crippen LogP contribution in [0.25, 0.3) is 0 Å². The van der Waals surface area contributed by atoms with Crippen LogP contribution in [0.1, 0.15) is 12.5 Å². The SMILES string of the molecule is COc1ccc(O)cc1CC(C)O. The summed E-state index contributed by atoms with van der Waals surface area (Å²) in [6.07, 6.45) is 0.0492. The third kappa shape index (κ3) is 2.63. The fraction of sp³-hybridized carbons (Fsp3) is 0.400. The summed E-state index contributed by atoms with van der Waals surface area (Å²) in [5, 5.41) is 18.4. The molecule has 0 amide bonds. The maximum atomic E-state index is 9.21. The first-order valence-corrected chi connectivity index (χ1v) is 4.17. The number of phenols is 1. The molecule has 0 radical (unpaired) electrons. The van der Waals surface area contributed by atoms with Gasteiger partial charge in [0.15, 0.2) is 0 Å². The Morgan fingerprint density at radius 1 is 1.46 bits per heavy atom. The van der Waals surface area contributed by atoms with Crippen LogP contribution < -0.4 is 4.74 Å². The Bertz CT molecular complexity index is 281. The largest absolute Gasteiger partial charge is 0.508 e. The van der Waals surface area contributed by atoms with Crippen LogP contribution in [-0.2, 0) is 6.42 Å². The van der Waals surface area contributed by atoms with E-state index in [2.05, 4.69) is 0 Å². The van der Waals surface area contributed by atoms with Crippen molar-refractivity contribution >= 4 is 0 Å². The molecule has 0 aromatic heterocycles. The number of aliphatic hydroxyl groups excluding tert-OH is 1. The third-order valence-corrected chi connectivity index (χ3v) is 1.78. The summed E-state index contributed by atoms with van der Waals surface area (Å²) >= 11 is 0. The van der Waals surface area contributed by atoms with Crippen molar-refractivity contribution in [1.82, 2.24) is 0 Å². The number of hydrogen-bond acceptors (Lipinski definition) is 3. The molecule has 0 aliphatic carbocycles. The van der Waals surface area contributed by atoms with E-state index in [1.54, 1.807) is 32.2 Å². The predicted molar refractivity (Wildman–Crippen MR) is 50.0 cm³/mol. The first-order valence-electron chi connectivity index (χ1n) is 4.17. The Hall–Kier alpha value is -1.22. The Balaban J connectivity index is 2.94. The molecule has 0 bridgehead atoms. The first kappa shape index (κ1) is 9.86. The molecule has 1 unspecified atom stereocenters. The number of ether oxygens (including phenoxy) is 1. The zero-order chi connectivity index (χ0) is 9.84. The van der Waals surface area contributed by atoms with Crippen molar-refractivity contribution in [2.75, 3.05) is 7.11 Å². The number of aromatic hydroxyl groups is 1. The van der Waals surface area contributed by atoms with Crippen molar-refractivity contribution < 1.29 is 14.9 Å². The van der Waals surface area contributed by atoms with Gasteiger partial charge in [-0.15, -0.1) is 0 Å². The summed E-state index contributed by atoms with van der Waals surface area (Å²) in [5.41, 5.74) is 0.817. The Morgan fingerprint density at radius 3 is 2.69 bits per heavy atom. The van der Waals surface area contributed by atoms with Gasteiger partial charge < -0.3 is 14.9 Å². The van der Waals surface area contributed by atoms with Gasteiger partial charge >= 0.3 is 0 Å². The Morgan fingerprint density at radius 2 is 2.15 bits per heavy atom. The van der Waals surface area contributed by atoms with E-state index in [1.165, 1.54) is 0 Å². The van der Waals surface area contributed by atoms with Crippen LogP contribution in [-0.4, -0.2) is 23.4 Å². The molecule has 3 heteroatoms. The summed E-state index contributed by atoms with van der Waals surface area (Å²) in [6.45, 7) is 1.70. The lowest BCUT2D eigenvalue weighted by atomic mass is 10.1. The molecule has 0 aliphatic rings. The standard InChI is InChI=1S/C10H14O3/c1-7(11)5-8-6-9(12)3-4-10(8)13-2/h3-4,6-7,11-12H,5H2,1-2H3. The van der Waals surface area contributed by atoms with Gasteiger partial charge in [0.05, 0.1) is 13.2 Å². The number of methoxy groups -OCH3 is 1. The van der Waals surface area contributed by atoms with Gasteiger partial charge in [-0.05, 0) is 25.1 Å². The molecule has 2 N–H and O–H groups in total. The minimum atomic E-state index is -0.435. The lowest BCUT2D eigenvalue weighted by Gasteiger charge is -2.10. The molecule has 1 atom stereocenters. The summed E-state index contributed by atoms with van der Waals surface area (Å²) in [6, 6.07) is 4.85. The van der Waals surface area contributed by atoms with E-state index in [-0.39, 0.29) is 5.75 Å². The number of aliphatic hydroxyl groups is 1. The maximum absolute atomic E-state index is 9.21. The fourth-order valence-electron chi connectivity index (χ4n) is 1.24. The lowest BCUT2D eigenvalue weighted by Crippen LogP contribution is -2.05. The molecular formula is C10H14O3. The molecule has 0 fully saturated rings. The van der Waals surface area contributed by atoms with Crippen LogP contribution in [0.3, 0.4) is 0 Å². The van der Waals surface area contributed by atoms with E-state index in [4.69, 9.17) is 4.74 Å². The van der Waals surface area contributed by atoms with Crippen LogP contribution in [0.5, 0.6) is 11.5 Å². The molecule has 1 aromatic rings. The van der Waals surface area contributed by atoms with Crippen molar-refractivity contribution in [3.05, 3.63) is 23.8 Å². The monoisotopic (exact) mass is 182 g/mol. The number of benzene rings is 1. The van der Waals surface area contributed by atoms with Crippen LogP contribution in [0.2, 0.25) is 0 Å². The van der Waals surface area contributed by atoms with Crippen LogP contribution in [0, 0.1) is 0 Å². The maximum Gasteiger partial charge on any atom is 0.122 e. The Kier molecular flexibility index (Phi) is 3.14. The molecule has 0 aliphatic heterocycles. The summed E-state index contributed by atoms with van der Waals surface area (Å²) in [4.78, 5) is 0. The summed E-state index contributed by atoms with van der Waals surface area (Å²) in [7, 11) is 1.57. The normalized spacial score (nSPS) is 12.5. The van der Waals surface area contributed by atoms with E-state index in [9.17, 15) is 10.2 Å². The van der Waals surface area contributed by atoms with Crippen molar-refractivity contribution in [1.29, 1.82) is 0 Å². The fourth-order valence-corrected chi connectivity index (χ4v) is 1.24. The number of hydrogen-bond donors (Lipinski definition) is 2. The molecule has 0 heterocycles. The highest BCUT2D eigenvalue weighted by atomic mass is 16.5. The molecule has 72 valence electrons. The van der Waals surface area contributed by atoms with Crippen molar-refractivity contribution in [2.24, 2.45) is 0 Å². The molecule has 1 aromatic carbocycles. The van der Waals surface area contributed by atoms with Crippen molar-refractivity contribution in [3.8, 4) is 11.5 Å². The summed E-state index contributed by atoms with van der Waals surface area (Å²) < 4.78 is 5.08. The van der Waals surface area contributed by atoms with E-state index in [0.717, 1.165) is 5.56 Å². The van der Waals surface area contributed by atoms with Crippen LogP contribution in [0.15, 0.2) is 18.2 Å². The van der Waals surface area contributed by atoms with Gasteiger partial charge in [-0.2, -0.15) is 0 Å². The Labute approximate surface area is 77.6 Å². The van der Waals surface area contributed by atoms with Gasteiger partial charge in [0.1, 0.15) is 11.5 Å². The molecule has 3 nitrogen and oxygen atoms in total. The molecular weight excluding hydrogens is 168 g/mol. The minimum Gasteiger partial charge on any atom is -0.508 e. The zero-order valence-corrected chi connectivity index (χ0v) is 7.82. The van der Waals surface area contributed by atoms with Crippen molar-refractivity contribution in [3.63, 3.8) is 0 Å². The zero-order valence-electron chi connectivity index (χ0n) is 7.82. The average molecular weight is 182 g/mol. The van der Waals surface area contributed by atoms with Gasteiger partial charge in [0, 0.05) is 12.0 Å². The second kappa shape index (κ2) is 4.14. The highest BCUT2D eigenvalue weighted by Crippen LogP contribution is 2.24. The average Bonchev–Trinajstić information content (AvgIpc) is 2.03. The molecule has 0 saturated heterocycles. The van der Waals surface area contributed by atoms with E-state index >= 15 is 0 Å². The third-order valence-electron chi connectivity index (χ3n) is 1.78. The second-order valence-corrected chi connectivity index (χ2v) is 3.05. The highest BCUT2D eigenvalue weighted by Gasteiger charge is 2.06. The van der Waals surface area contributed by atoms with Crippen LogP contribution >= 0.6 is 0 Å². The van der Waals surface area contributed by atoms with Crippen molar-refractivity contribution in [2.45, 2.75) is 19.4 Å². The smallest absolute Gasteiger partial charge is 0.122 e. The topological polar surface area (TPSA) is 49.7 Å². The van der Waals surface area contributed by atoms with Gasteiger partial charge in [-0.25, -0.2) is 0 Å². The molecule has 0 saturated carbocycles. The van der Waals surface area contributed by atoms with Gasteiger partial charge in [-0.1, -0.05) is 0 Å². The highest BCUT2D eigenvalue weighted by molar-refractivity contribution is 5.39. The second-order valence-electron chi connectivity index (χ2n) is 3.05. The van der Waals surface area contributed by atoms with Gasteiger partial charge in [0.25, 0.3) is 0 Å². The van der Waals surface area contributed by atoms with Crippen LogP contribution in [0.4, 0.5) is 0 Å². The van der Waals surface area contributed by atoms with E-state index in [1.807, 2.05) is 0 Å². The quantitative estimate of drug-likeness (QED) is 0.741. The van der Waals surface area contributed by atoms with E-state index in [0.29, 0.717) is 12.2 Å². The minimum absolute atomic E-state index is 0.191. The number of phenolic OH excluding ortho intramolecular Hbond substituents is 1. The van der Waals surface area contributed by atoms with Gasteiger partial charge in [0.2, 0.25) is 0 Å².